The lowest BCUT2D eigenvalue weighted by molar-refractivity contribution is 0.393. The summed E-state index contributed by atoms with van der Waals surface area (Å²) in [7, 11) is 1.68. The Balaban J connectivity index is 1.59. The summed E-state index contributed by atoms with van der Waals surface area (Å²) >= 11 is 0. The van der Waals surface area contributed by atoms with Crippen LogP contribution in [0.15, 0.2) is 71.3 Å². The molecule has 0 aliphatic carbocycles. The van der Waals surface area contributed by atoms with E-state index in [1.54, 1.807) is 7.11 Å². The normalized spacial score (nSPS) is 11.4. The summed E-state index contributed by atoms with van der Waals surface area (Å²) < 4.78 is 12.8. The SMILES string of the molecule is COc1ccc(Cn2nc(Nc3cccc(C(C)C)c3)c3ccc(-c4c(C)noc4C)cc32)cc1. The van der Waals surface area contributed by atoms with Crippen LogP contribution >= 0.6 is 0 Å². The lowest BCUT2D eigenvalue weighted by Crippen LogP contribution is -2.02. The number of aryl methyl sites for hydroxylation is 2. The first-order chi connectivity index (χ1) is 16.9. The third kappa shape index (κ3) is 4.52. The van der Waals surface area contributed by atoms with Crippen molar-refractivity contribution in [2.75, 3.05) is 12.4 Å². The molecule has 3 aromatic carbocycles. The summed E-state index contributed by atoms with van der Waals surface area (Å²) in [4.78, 5) is 0. The van der Waals surface area contributed by atoms with Crippen molar-refractivity contribution in [2.24, 2.45) is 0 Å². The average molecular weight is 467 g/mol. The van der Waals surface area contributed by atoms with Crippen molar-refractivity contribution in [1.29, 1.82) is 0 Å². The van der Waals surface area contributed by atoms with Crippen molar-refractivity contribution in [3.8, 4) is 16.9 Å². The van der Waals surface area contributed by atoms with E-state index in [0.717, 1.165) is 56.3 Å². The predicted molar refractivity (Wildman–Crippen MR) is 141 cm³/mol. The van der Waals surface area contributed by atoms with Crippen LogP contribution in [-0.4, -0.2) is 22.0 Å². The minimum atomic E-state index is 0.457. The third-order valence-electron chi connectivity index (χ3n) is 6.38. The van der Waals surface area contributed by atoms with Crippen LogP contribution in [-0.2, 0) is 6.54 Å². The van der Waals surface area contributed by atoms with Crippen LogP contribution in [0.3, 0.4) is 0 Å². The van der Waals surface area contributed by atoms with Crippen LogP contribution in [0, 0.1) is 13.8 Å². The Bertz CT molecular complexity index is 1460. The highest BCUT2D eigenvalue weighted by atomic mass is 16.5. The number of hydrogen-bond donors (Lipinski definition) is 1. The minimum Gasteiger partial charge on any atom is -0.497 e. The second-order valence-corrected chi connectivity index (χ2v) is 9.19. The highest BCUT2D eigenvalue weighted by Gasteiger charge is 2.17. The van der Waals surface area contributed by atoms with E-state index in [4.69, 9.17) is 14.4 Å². The molecule has 1 N–H and O–H groups in total. The van der Waals surface area contributed by atoms with Crippen LogP contribution in [0.2, 0.25) is 0 Å². The summed E-state index contributed by atoms with van der Waals surface area (Å²) in [5.41, 5.74) is 7.49. The largest absolute Gasteiger partial charge is 0.497 e. The number of aromatic nitrogens is 3. The predicted octanol–water partition coefficient (Wildman–Crippen LogP) is 7.23. The molecule has 35 heavy (non-hydrogen) atoms. The van der Waals surface area contributed by atoms with E-state index in [9.17, 15) is 0 Å². The molecule has 5 rings (SSSR count). The zero-order chi connectivity index (χ0) is 24.5. The molecule has 0 spiro atoms. The molecular weight excluding hydrogens is 436 g/mol. The Kier molecular flexibility index (Phi) is 6.03. The molecule has 0 atom stereocenters. The summed E-state index contributed by atoms with van der Waals surface area (Å²) in [5.74, 6) is 2.94. The summed E-state index contributed by atoms with van der Waals surface area (Å²) in [6.45, 7) is 8.96. The van der Waals surface area contributed by atoms with E-state index < -0.39 is 0 Å². The topological polar surface area (TPSA) is 65.1 Å². The van der Waals surface area contributed by atoms with Crippen molar-refractivity contribution >= 4 is 22.4 Å². The Morgan fingerprint density at radius 1 is 1.00 bits per heavy atom. The van der Waals surface area contributed by atoms with Gasteiger partial charge < -0.3 is 14.6 Å². The first-order valence-electron chi connectivity index (χ1n) is 11.9. The van der Waals surface area contributed by atoms with Crippen LogP contribution < -0.4 is 10.1 Å². The number of rotatable bonds is 7. The smallest absolute Gasteiger partial charge is 0.160 e. The van der Waals surface area contributed by atoms with Gasteiger partial charge in [-0.1, -0.05) is 49.3 Å². The van der Waals surface area contributed by atoms with Gasteiger partial charge in [0.25, 0.3) is 0 Å². The zero-order valence-electron chi connectivity index (χ0n) is 20.8. The molecule has 0 amide bonds. The fourth-order valence-corrected chi connectivity index (χ4v) is 4.45. The van der Waals surface area contributed by atoms with Gasteiger partial charge in [0.2, 0.25) is 0 Å². The van der Waals surface area contributed by atoms with Crippen molar-refractivity contribution in [2.45, 2.75) is 40.2 Å². The number of anilines is 2. The number of methoxy groups -OCH3 is 1. The van der Waals surface area contributed by atoms with Gasteiger partial charge in [0.1, 0.15) is 11.5 Å². The molecule has 0 radical (unpaired) electrons. The number of nitrogens with one attached hydrogen (secondary N) is 1. The van der Waals surface area contributed by atoms with E-state index >= 15 is 0 Å². The van der Waals surface area contributed by atoms with E-state index in [1.165, 1.54) is 5.56 Å². The second kappa shape index (κ2) is 9.29. The van der Waals surface area contributed by atoms with Crippen LogP contribution in [0.25, 0.3) is 22.0 Å². The van der Waals surface area contributed by atoms with Gasteiger partial charge in [0.15, 0.2) is 5.82 Å². The van der Waals surface area contributed by atoms with Crippen LogP contribution in [0.4, 0.5) is 11.5 Å². The molecule has 6 nitrogen and oxygen atoms in total. The minimum absolute atomic E-state index is 0.457. The average Bonchev–Trinajstić information content (AvgIpc) is 3.38. The third-order valence-corrected chi connectivity index (χ3v) is 6.38. The van der Waals surface area contributed by atoms with Crippen molar-refractivity contribution in [3.63, 3.8) is 0 Å². The number of hydrogen-bond acceptors (Lipinski definition) is 5. The monoisotopic (exact) mass is 466 g/mol. The molecule has 6 heteroatoms. The fourth-order valence-electron chi connectivity index (χ4n) is 4.45. The number of nitrogens with zero attached hydrogens (tertiary/aromatic N) is 3. The Morgan fingerprint density at radius 3 is 2.49 bits per heavy atom. The molecule has 0 aliphatic rings. The molecule has 0 saturated heterocycles. The Labute approximate surface area is 205 Å². The lowest BCUT2D eigenvalue weighted by atomic mass is 10.0. The highest BCUT2D eigenvalue weighted by molar-refractivity contribution is 5.95. The Hall–Kier alpha value is -4.06. The first-order valence-corrected chi connectivity index (χ1v) is 11.9. The van der Waals surface area contributed by atoms with Gasteiger partial charge in [-0.05, 0) is 72.9 Å². The van der Waals surface area contributed by atoms with Crippen molar-refractivity contribution < 1.29 is 9.26 Å². The maximum absolute atomic E-state index is 5.43. The molecule has 2 aromatic heterocycles. The van der Waals surface area contributed by atoms with Gasteiger partial charge in [0, 0.05) is 16.6 Å². The molecule has 0 unspecified atom stereocenters. The maximum atomic E-state index is 5.43. The Morgan fingerprint density at radius 2 is 1.80 bits per heavy atom. The van der Waals surface area contributed by atoms with Gasteiger partial charge in [-0.3, -0.25) is 4.68 Å². The molecule has 5 aromatic rings. The molecule has 2 heterocycles. The quantitative estimate of drug-likeness (QED) is 0.274. The highest BCUT2D eigenvalue weighted by Crippen LogP contribution is 2.34. The molecule has 0 bridgehead atoms. The van der Waals surface area contributed by atoms with Gasteiger partial charge in [-0.25, -0.2) is 0 Å². The number of ether oxygens (including phenoxy) is 1. The van der Waals surface area contributed by atoms with E-state index in [0.29, 0.717) is 12.5 Å². The summed E-state index contributed by atoms with van der Waals surface area (Å²) in [6, 6.07) is 23.0. The van der Waals surface area contributed by atoms with E-state index in [1.807, 2.05) is 30.7 Å². The second-order valence-electron chi connectivity index (χ2n) is 9.19. The fraction of sp³-hybridized carbons (Fsp3) is 0.241. The number of benzene rings is 3. The van der Waals surface area contributed by atoms with E-state index in [-0.39, 0.29) is 0 Å². The number of fused-ring (bicyclic) bond motifs is 1. The van der Waals surface area contributed by atoms with Crippen molar-refractivity contribution in [1.82, 2.24) is 14.9 Å². The summed E-state index contributed by atoms with van der Waals surface area (Å²) in [6.07, 6.45) is 0. The first kappa shape index (κ1) is 22.7. The molecule has 0 aliphatic heterocycles. The van der Waals surface area contributed by atoms with Gasteiger partial charge in [-0.2, -0.15) is 5.10 Å². The van der Waals surface area contributed by atoms with Gasteiger partial charge in [0.05, 0.1) is 24.9 Å². The van der Waals surface area contributed by atoms with Gasteiger partial charge >= 0.3 is 0 Å². The van der Waals surface area contributed by atoms with Crippen LogP contribution in [0.5, 0.6) is 5.75 Å². The molecular formula is C29H30N4O2. The molecule has 0 saturated carbocycles. The van der Waals surface area contributed by atoms with Gasteiger partial charge in [-0.15, -0.1) is 0 Å². The van der Waals surface area contributed by atoms with Crippen LogP contribution in [0.1, 0.15) is 42.3 Å². The maximum Gasteiger partial charge on any atom is 0.160 e. The standard InChI is InChI=1S/C29H30N4O2/c1-18(2)22-7-6-8-24(15-22)30-29-26-14-11-23(28-19(3)32-35-20(28)4)16-27(26)33(31-29)17-21-9-12-25(34-5)13-10-21/h6-16,18H,17H2,1-5H3,(H,30,31). The zero-order valence-corrected chi connectivity index (χ0v) is 20.8. The van der Waals surface area contributed by atoms with E-state index in [2.05, 4.69) is 78.9 Å². The summed E-state index contributed by atoms with van der Waals surface area (Å²) in [5, 5.41) is 13.8. The lowest BCUT2D eigenvalue weighted by Gasteiger charge is -2.09. The molecule has 0 fully saturated rings. The van der Waals surface area contributed by atoms with Crippen molar-refractivity contribution in [3.05, 3.63) is 89.3 Å². The molecule has 178 valence electrons.